The molecule has 1 aromatic rings. The molecule has 2 saturated heterocycles. The first-order chi connectivity index (χ1) is 8.22. The van der Waals surface area contributed by atoms with E-state index in [1.165, 1.54) is 18.9 Å². The lowest BCUT2D eigenvalue weighted by Crippen LogP contribution is -2.42. The third-order valence-corrected chi connectivity index (χ3v) is 4.43. The minimum Gasteiger partial charge on any atom is -0.372 e. The summed E-state index contributed by atoms with van der Waals surface area (Å²) in [6, 6.07) is 5.23. The van der Waals surface area contributed by atoms with Gasteiger partial charge in [0.25, 0.3) is 0 Å². The smallest absolute Gasteiger partial charge is 0.137 e. The zero-order valence-electron chi connectivity index (χ0n) is 9.53. The Morgan fingerprint density at radius 3 is 2.71 bits per heavy atom. The van der Waals surface area contributed by atoms with Gasteiger partial charge in [0.05, 0.1) is 16.7 Å². The predicted molar refractivity (Wildman–Crippen MR) is 67.3 cm³/mol. The highest BCUT2D eigenvalue weighted by atomic mass is 79.9. The van der Waals surface area contributed by atoms with Crippen LogP contribution in [-0.4, -0.2) is 30.2 Å². The minimum atomic E-state index is -0.182. The Morgan fingerprint density at radius 2 is 2.00 bits per heavy atom. The number of halogens is 2. The highest BCUT2D eigenvalue weighted by molar-refractivity contribution is 9.10. The summed E-state index contributed by atoms with van der Waals surface area (Å²) in [6.45, 7) is 2.74. The van der Waals surface area contributed by atoms with E-state index < -0.39 is 0 Å². The van der Waals surface area contributed by atoms with Crippen LogP contribution < -0.4 is 0 Å². The first-order valence-corrected chi connectivity index (χ1v) is 6.82. The Morgan fingerprint density at radius 1 is 1.29 bits per heavy atom. The Hall–Kier alpha value is -0.450. The summed E-state index contributed by atoms with van der Waals surface area (Å²) in [6.07, 6.45) is 3.12. The van der Waals surface area contributed by atoms with Crippen molar-refractivity contribution in [2.24, 2.45) is 0 Å². The molecule has 1 aromatic carbocycles. The third-order valence-electron chi connectivity index (χ3n) is 3.54. The van der Waals surface area contributed by atoms with Crippen molar-refractivity contribution in [3.05, 3.63) is 34.1 Å². The maximum atomic E-state index is 13.4. The molecule has 0 aromatic heterocycles. The zero-order valence-corrected chi connectivity index (χ0v) is 11.1. The minimum absolute atomic E-state index is 0.182. The highest BCUT2D eigenvalue weighted by Crippen LogP contribution is 2.28. The average molecular weight is 300 g/mol. The van der Waals surface area contributed by atoms with E-state index in [9.17, 15) is 4.39 Å². The first-order valence-electron chi connectivity index (χ1n) is 6.03. The molecule has 2 unspecified atom stereocenters. The second-order valence-corrected chi connectivity index (χ2v) is 5.66. The maximum absolute atomic E-state index is 13.4. The Labute approximate surface area is 109 Å². The molecule has 2 atom stereocenters. The molecule has 2 aliphatic heterocycles. The Balaban J connectivity index is 1.72. The van der Waals surface area contributed by atoms with Gasteiger partial charge >= 0.3 is 0 Å². The number of rotatable bonds is 2. The summed E-state index contributed by atoms with van der Waals surface area (Å²) < 4.78 is 19.8. The van der Waals surface area contributed by atoms with Gasteiger partial charge in [-0.3, -0.25) is 4.90 Å². The van der Waals surface area contributed by atoms with Crippen LogP contribution in [0, 0.1) is 5.82 Å². The molecule has 0 spiro atoms. The molecule has 0 radical (unpaired) electrons. The van der Waals surface area contributed by atoms with Crippen molar-refractivity contribution in [2.45, 2.75) is 31.6 Å². The molecule has 2 fully saturated rings. The molecule has 2 heterocycles. The summed E-state index contributed by atoms with van der Waals surface area (Å²) in [4.78, 5) is 2.37. The summed E-state index contributed by atoms with van der Waals surface area (Å²) in [5.41, 5.74) is 1.02. The fourth-order valence-corrected chi connectivity index (χ4v) is 3.13. The molecule has 2 bridgehead atoms. The molecule has 4 heteroatoms. The van der Waals surface area contributed by atoms with Gasteiger partial charge in [-0.15, -0.1) is 0 Å². The van der Waals surface area contributed by atoms with E-state index in [1.807, 2.05) is 6.07 Å². The summed E-state index contributed by atoms with van der Waals surface area (Å²) in [5.74, 6) is -0.182. The van der Waals surface area contributed by atoms with Gasteiger partial charge in [-0.2, -0.15) is 0 Å². The highest BCUT2D eigenvalue weighted by Gasteiger charge is 2.33. The van der Waals surface area contributed by atoms with Gasteiger partial charge in [0, 0.05) is 19.6 Å². The van der Waals surface area contributed by atoms with E-state index in [4.69, 9.17) is 4.74 Å². The fourth-order valence-electron chi connectivity index (χ4n) is 2.74. The molecule has 17 heavy (non-hydrogen) atoms. The van der Waals surface area contributed by atoms with Crippen LogP contribution in [0.1, 0.15) is 18.4 Å². The Bertz CT molecular complexity index is 414. The SMILES string of the molecule is Fc1cccc(CN2CC3CCC(C2)O3)c1Br. The predicted octanol–water partition coefficient (Wildman–Crippen LogP) is 2.95. The maximum Gasteiger partial charge on any atom is 0.137 e. The van der Waals surface area contributed by atoms with E-state index in [2.05, 4.69) is 20.8 Å². The van der Waals surface area contributed by atoms with Gasteiger partial charge in [-0.05, 0) is 40.4 Å². The van der Waals surface area contributed by atoms with E-state index >= 15 is 0 Å². The lowest BCUT2D eigenvalue weighted by Gasteiger charge is -2.32. The molecule has 3 rings (SSSR count). The van der Waals surface area contributed by atoms with Gasteiger partial charge in [0.2, 0.25) is 0 Å². The molecule has 92 valence electrons. The molecule has 0 amide bonds. The second kappa shape index (κ2) is 4.67. The molecule has 0 aliphatic carbocycles. The van der Waals surface area contributed by atoms with E-state index in [0.717, 1.165) is 25.2 Å². The van der Waals surface area contributed by atoms with Crippen LogP contribution in [0.5, 0.6) is 0 Å². The van der Waals surface area contributed by atoms with Crippen molar-refractivity contribution >= 4 is 15.9 Å². The van der Waals surface area contributed by atoms with Gasteiger partial charge in [0.1, 0.15) is 5.82 Å². The average Bonchev–Trinajstić information content (AvgIpc) is 2.65. The van der Waals surface area contributed by atoms with Crippen LogP contribution in [0.3, 0.4) is 0 Å². The number of nitrogens with zero attached hydrogens (tertiary/aromatic N) is 1. The van der Waals surface area contributed by atoms with Crippen LogP contribution in [0.25, 0.3) is 0 Å². The van der Waals surface area contributed by atoms with Gasteiger partial charge in [0.15, 0.2) is 0 Å². The largest absolute Gasteiger partial charge is 0.372 e. The van der Waals surface area contributed by atoms with Crippen molar-refractivity contribution in [3.8, 4) is 0 Å². The summed E-state index contributed by atoms with van der Waals surface area (Å²) >= 11 is 3.32. The molecule has 0 N–H and O–H groups in total. The van der Waals surface area contributed by atoms with E-state index in [0.29, 0.717) is 16.7 Å². The number of benzene rings is 1. The van der Waals surface area contributed by atoms with Crippen LogP contribution in [0.15, 0.2) is 22.7 Å². The fraction of sp³-hybridized carbons (Fsp3) is 0.538. The second-order valence-electron chi connectivity index (χ2n) is 4.86. The molecule has 2 aliphatic rings. The standard InChI is InChI=1S/C13H15BrFNO/c14-13-9(2-1-3-12(13)15)6-16-7-10-4-5-11(8-16)17-10/h1-3,10-11H,4-8H2. The van der Waals surface area contributed by atoms with Crippen LogP contribution in [0.2, 0.25) is 0 Å². The summed E-state index contributed by atoms with van der Waals surface area (Å²) in [7, 11) is 0. The van der Waals surface area contributed by atoms with Gasteiger partial charge in [-0.1, -0.05) is 12.1 Å². The number of likely N-dealkylation sites (tertiary alicyclic amines) is 1. The van der Waals surface area contributed by atoms with Crippen molar-refractivity contribution < 1.29 is 9.13 Å². The number of fused-ring (bicyclic) bond motifs is 2. The number of morpholine rings is 1. The van der Waals surface area contributed by atoms with Gasteiger partial charge in [-0.25, -0.2) is 4.39 Å². The molecule has 0 saturated carbocycles. The van der Waals surface area contributed by atoms with Crippen LogP contribution >= 0.6 is 15.9 Å². The van der Waals surface area contributed by atoms with E-state index in [-0.39, 0.29) is 5.82 Å². The summed E-state index contributed by atoms with van der Waals surface area (Å²) in [5, 5.41) is 0. The van der Waals surface area contributed by atoms with Crippen molar-refractivity contribution in [2.75, 3.05) is 13.1 Å². The molecular weight excluding hydrogens is 285 g/mol. The quantitative estimate of drug-likeness (QED) is 0.832. The van der Waals surface area contributed by atoms with Crippen molar-refractivity contribution in [1.82, 2.24) is 4.90 Å². The Kier molecular flexibility index (Phi) is 3.19. The van der Waals surface area contributed by atoms with E-state index in [1.54, 1.807) is 6.07 Å². The number of ether oxygens (including phenoxy) is 1. The van der Waals surface area contributed by atoms with Crippen molar-refractivity contribution in [3.63, 3.8) is 0 Å². The van der Waals surface area contributed by atoms with Crippen LogP contribution in [-0.2, 0) is 11.3 Å². The zero-order chi connectivity index (χ0) is 11.8. The van der Waals surface area contributed by atoms with Crippen molar-refractivity contribution in [1.29, 1.82) is 0 Å². The monoisotopic (exact) mass is 299 g/mol. The van der Waals surface area contributed by atoms with Gasteiger partial charge < -0.3 is 4.74 Å². The lowest BCUT2D eigenvalue weighted by molar-refractivity contribution is -0.0411. The molecular formula is C13H15BrFNO. The third kappa shape index (κ3) is 2.39. The van der Waals surface area contributed by atoms with Crippen LogP contribution in [0.4, 0.5) is 4.39 Å². The lowest BCUT2D eigenvalue weighted by atomic mass is 10.2. The number of hydrogen-bond donors (Lipinski definition) is 0. The first kappa shape index (κ1) is 11.6. The molecule has 2 nitrogen and oxygen atoms in total. The topological polar surface area (TPSA) is 12.5 Å². The number of hydrogen-bond acceptors (Lipinski definition) is 2. The normalized spacial score (nSPS) is 28.6.